The highest BCUT2D eigenvalue weighted by molar-refractivity contribution is 14.1. The molecule has 20 heavy (non-hydrogen) atoms. The van der Waals surface area contributed by atoms with Crippen molar-refractivity contribution in [3.63, 3.8) is 0 Å². The van der Waals surface area contributed by atoms with Gasteiger partial charge in [0, 0.05) is 3.57 Å². The van der Waals surface area contributed by atoms with Crippen LogP contribution in [0.1, 0.15) is 16.7 Å². The summed E-state index contributed by atoms with van der Waals surface area (Å²) < 4.78 is 8.10. The van der Waals surface area contributed by atoms with Crippen molar-refractivity contribution < 1.29 is 4.42 Å². The Kier molecular flexibility index (Phi) is 3.41. The van der Waals surface area contributed by atoms with Crippen LogP contribution in [-0.2, 0) is 6.54 Å². The Labute approximate surface area is 130 Å². The summed E-state index contributed by atoms with van der Waals surface area (Å²) >= 11 is 2.24. The van der Waals surface area contributed by atoms with E-state index in [9.17, 15) is 4.79 Å². The highest BCUT2D eigenvalue weighted by atomic mass is 127. The van der Waals surface area contributed by atoms with E-state index in [-0.39, 0.29) is 5.76 Å². The lowest BCUT2D eigenvalue weighted by molar-refractivity contribution is 0.517. The third kappa shape index (κ3) is 2.28. The zero-order valence-electron chi connectivity index (χ0n) is 11.3. The quantitative estimate of drug-likeness (QED) is 0.634. The molecule has 0 bridgehead atoms. The van der Waals surface area contributed by atoms with Crippen LogP contribution in [0.25, 0.3) is 11.1 Å². The number of aryl methyl sites for hydroxylation is 2. The van der Waals surface area contributed by atoms with E-state index in [0.29, 0.717) is 12.1 Å². The van der Waals surface area contributed by atoms with Crippen molar-refractivity contribution in [2.45, 2.75) is 20.4 Å². The Hall–Kier alpha value is -1.56. The molecule has 0 N–H and O–H groups in total. The van der Waals surface area contributed by atoms with Gasteiger partial charge in [0.15, 0.2) is 5.58 Å². The van der Waals surface area contributed by atoms with Gasteiger partial charge in [-0.25, -0.2) is 4.79 Å². The fourth-order valence-electron chi connectivity index (χ4n) is 2.44. The van der Waals surface area contributed by atoms with E-state index in [1.807, 2.05) is 24.3 Å². The first kappa shape index (κ1) is 13.4. The van der Waals surface area contributed by atoms with Crippen LogP contribution in [0.2, 0.25) is 0 Å². The monoisotopic (exact) mass is 379 g/mol. The van der Waals surface area contributed by atoms with E-state index in [4.69, 9.17) is 4.42 Å². The molecule has 0 aliphatic heterocycles. The van der Waals surface area contributed by atoms with Crippen LogP contribution in [0.3, 0.4) is 0 Å². The normalized spacial score (nSPS) is 11.2. The zero-order chi connectivity index (χ0) is 14.3. The Morgan fingerprint density at radius 2 is 1.85 bits per heavy atom. The second-order valence-electron chi connectivity index (χ2n) is 4.94. The molecule has 0 spiro atoms. The molecule has 0 saturated carbocycles. The molecule has 3 nitrogen and oxygen atoms in total. The largest absolute Gasteiger partial charge is 0.420 e. The second kappa shape index (κ2) is 5.09. The molecule has 0 fully saturated rings. The maximum absolute atomic E-state index is 12.1. The topological polar surface area (TPSA) is 35.1 Å². The number of aromatic nitrogens is 1. The zero-order valence-corrected chi connectivity index (χ0v) is 13.5. The summed E-state index contributed by atoms with van der Waals surface area (Å²) in [6.07, 6.45) is 0. The van der Waals surface area contributed by atoms with Crippen molar-refractivity contribution >= 4 is 33.7 Å². The van der Waals surface area contributed by atoms with Gasteiger partial charge in [-0.15, -0.1) is 0 Å². The highest BCUT2D eigenvalue weighted by Crippen LogP contribution is 2.20. The third-order valence-electron chi connectivity index (χ3n) is 3.59. The summed E-state index contributed by atoms with van der Waals surface area (Å²) in [4.78, 5) is 12.1. The summed E-state index contributed by atoms with van der Waals surface area (Å²) in [7, 11) is 0. The van der Waals surface area contributed by atoms with Crippen molar-refractivity contribution in [2.24, 2.45) is 0 Å². The molecule has 0 unspecified atom stereocenters. The predicted octanol–water partition coefficient (Wildman–Crippen LogP) is 3.86. The van der Waals surface area contributed by atoms with Crippen LogP contribution in [0.4, 0.5) is 0 Å². The van der Waals surface area contributed by atoms with Gasteiger partial charge in [0.1, 0.15) is 0 Å². The number of oxazole rings is 1. The first-order valence-electron chi connectivity index (χ1n) is 6.40. The number of nitrogens with zero attached hydrogens (tertiary/aromatic N) is 1. The number of hydrogen-bond acceptors (Lipinski definition) is 2. The Morgan fingerprint density at radius 3 is 2.55 bits per heavy atom. The van der Waals surface area contributed by atoms with Gasteiger partial charge in [-0.3, -0.25) is 4.57 Å². The number of rotatable bonds is 2. The Balaban J connectivity index is 2.18. The lowest BCUT2D eigenvalue weighted by Crippen LogP contribution is -2.16. The van der Waals surface area contributed by atoms with E-state index < -0.39 is 0 Å². The van der Waals surface area contributed by atoms with Gasteiger partial charge < -0.3 is 4.42 Å². The molecule has 1 heterocycles. The number of benzene rings is 2. The molecule has 0 aliphatic rings. The Morgan fingerprint density at radius 1 is 1.15 bits per heavy atom. The summed E-state index contributed by atoms with van der Waals surface area (Å²) in [6, 6.07) is 11.9. The van der Waals surface area contributed by atoms with Gasteiger partial charge in [-0.2, -0.15) is 0 Å². The van der Waals surface area contributed by atoms with Crippen LogP contribution in [0.15, 0.2) is 45.6 Å². The maximum atomic E-state index is 12.1. The van der Waals surface area contributed by atoms with Gasteiger partial charge in [0.2, 0.25) is 0 Å². The van der Waals surface area contributed by atoms with Crippen molar-refractivity contribution in [1.82, 2.24) is 4.57 Å². The van der Waals surface area contributed by atoms with Gasteiger partial charge in [0.05, 0.1) is 12.1 Å². The lowest BCUT2D eigenvalue weighted by atomic mass is 10.0. The predicted molar refractivity (Wildman–Crippen MR) is 88.2 cm³/mol. The van der Waals surface area contributed by atoms with E-state index in [0.717, 1.165) is 9.09 Å². The average Bonchev–Trinajstić information content (AvgIpc) is 2.70. The molecule has 3 aromatic rings. The van der Waals surface area contributed by atoms with E-state index in [1.54, 1.807) is 4.57 Å². The minimum absolute atomic E-state index is 0.301. The van der Waals surface area contributed by atoms with E-state index in [2.05, 4.69) is 48.6 Å². The molecule has 1 aromatic heterocycles. The summed E-state index contributed by atoms with van der Waals surface area (Å²) in [5.41, 5.74) is 5.05. The van der Waals surface area contributed by atoms with Crippen LogP contribution < -0.4 is 5.76 Å². The Bertz CT molecular complexity index is 825. The van der Waals surface area contributed by atoms with Gasteiger partial charge >= 0.3 is 5.76 Å². The SMILES string of the molecule is Cc1cccc(C)c1Cn1c(=O)oc2ccc(I)cc21. The van der Waals surface area contributed by atoms with Crippen LogP contribution in [-0.4, -0.2) is 4.57 Å². The molecule has 0 amide bonds. The van der Waals surface area contributed by atoms with Crippen LogP contribution in [0, 0.1) is 17.4 Å². The van der Waals surface area contributed by atoms with Crippen LogP contribution in [0.5, 0.6) is 0 Å². The lowest BCUT2D eigenvalue weighted by Gasteiger charge is -2.10. The fraction of sp³-hybridized carbons (Fsp3) is 0.188. The van der Waals surface area contributed by atoms with Crippen molar-refractivity contribution in [2.75, 3.05) is 0 Å². The second-order valence-corrected chi connectivity index (χ2v) is 6.18. The fourth-order valence-corrected chi connectivity index (χ4v) is 2.92. The molecule has 0 atom stereocenters. The number of fused-ring (bicyclic) bond motifs is 1. The van der Waals surface area contributed by atoms with Gasteiger partial charge in [-0.05, 0) is 71.3 Å². The van der Waals surface area contributed by atoms with E-state index >= 15 is 0 Å². The summed E-state index contributed by atoms with van der Waals surface area (Å²) in [5, 5.41) is 0. The van der Waals surface area contributed by atoms with Crippen molar-refractivity contribution in [3.05, 3.63) is 67.2 Å². The molecular weight excluding hydrogens is 365 g/mol. The molecule has 0 aliphatic carbocycles. The minimum atomic E-state index is -0.301. The van der Waals surface area contributed by atoms with E-state index in [1.165, 1.54) is 16.7 Å². The van der Waals surface area contributed by atoms with Crippen molar-refractivity contribution in [3.8, 4) is 0 Å². The maximum Gasteiger partial charge on any atom is 0.420 e. The molecule has 3 rings (SSSR count). The van der Waals surface area contributed by atoms with Gasteiger partial charge in [-0.1, -0.05) is 18.2 Å². The smallest absolute Gasteiger partial charge is 0.408 e. The minimum Gasteiger partial charge on any atom is -0.408 e. The molecule has 0 saturated heterocycles. The first-order chi connectivity index (χ1) is 9.56. The summed E-state index contributed by atoms with van der Waals surface area (Å²) in [6.45, 7) is 4.68. The first-order valence-corrected chi connectivity index (χ1v) is 7.48. The third-order valence-corrected chi connectivity index (χ3v) is 4.26. The van der Waals surface area contributed by atoms with Crippen molar-refractivity contribution in [1.29, 1.82) is 0 Å². The standard InChI is InChI=1S/C16H14INO2/c1-10-4-3-5-11(2)13(10)9-18-14-8-12(17)6-7-15(14)20-16(18)19/h3-8H,9H2,1-2H3. The molecule has 102 valence electrons. The summed E-state index contributed by atoms with van der Waals surface area (Å²) in [5.74, 6) is -0.301. The van der Waals surface area contributed by atoms with Crippen LogP contribution >= 0.6 is 22.6 Å². The number of hydrogen-bond donors (Lipinski definition) is 0. The average molecular weight is 379 g/mol. The molecule has 4 heteroatoms. The molecular formula is C16H14INO2. The molecule has 0 radical (unpaired) electrons. The van der Waals surface area contributed by atoms with Gasteiger partial charge in [0.25, 0.3) is 0 Å². The highest BCUT2D eigenvalue weighted by Gasteiger charge is 2.12. The molecule has 2 aromatic carbocycles. The number of halogens is 1.